The summed E-state index contributed by atoms with van der Waals surface area (Å²) >= 11 is 0. The third-order valence-corrected chi connectivity index (χ3v) is 6.16. The van der Waals surface area contributed by atoms with E-state index in [4.69, 9.17) is 0 Å². The zero-order valence-corrected chi connectivity index (χ0v) is 16.5. The Kier molecular flexibility index (Phi) is 4.31. The van der Waals surface area contributed by atoms with Gasteiger partial charge in [0.1, 0.15) is 5.75 Å². The fourth-order valence-electron chi connectivity index (χ4n) is 4.48. The first kappa shape index (κ1) is 18.4. The molecule has 3 aromatic carbocycles. The standard InChI is InChI=1S/C25H22N2O3/c1-2-24(29)26-14-20(15-26)27-13-18-8-7-17(9-19(18)11-25(27)30)23-12-21(28)10-16-5-3-4-6-22(16)23/h2-10,12,20,28H,1,11,13-15H2. The summed E-state index contributed by atoms with van der Waals surface area (Å²) in [6.07, 6.45) is 1.67. The van der Waals surface area contributed by atoms with Gasteiger partial charge >= 0.3 is 0 Å². The van der Waals surface area contributed by atoms with E-state index >= 15 is 0 Å². The highest BCUT2D eigenvalue weighted by atomic mass is 16.3. The molecule has 30 heavy (non-hydrogen) atoms. The third-order valence-electron chi connectivity index (χ3n) is 6.16. The van der Waals surface area contributed by atoms with E-state index in [0.717, 1.165) is 33.0 Å². The van der Waals surface area contributed by atoms with Crippen molar-refractivity contribution >= 4 is 22.6 Å². The minimum atomic E-state index is -0.0842. The van der Waals surface area contributed by atoms with Crippen LogP contribution in [-0.4, -0.2) is 45.9 Å². The number of nitrogens with zero attached hydrogens (tertiary/aromatic N) is 2. The molecule has 1 N–H and O–H groups in total. The molecule has 0 bridgehead atoms. The van der Waals surface area contributed by atoms with Gasteiger partial charge in [0.2, 0.25) is 11.8 Å². The Morgan fingerprint density at radius 1 is 1.07 bits per heavy atom. The van der Waals surface area contributed by atoms with Crippen LogP contribution in [0.3, 0.4) is 0 Å². The molecular weight excluding hydrogens is 376 g/mol. The van der Waals surface area contributed by atoms with Gasteiger partial charge < -0.3 is 14.9 Å². The first-order chi connectivity index (χ1) is 14.5. The molecule has 150 valence electrons. The van der Waals surface area contributed by atoms with Crippen molar-refractivity contribution in [3.63, 3.8) is 0 Å². The van der Waals surface area contributed by atoms with Crippen LogP contribution in [-0.2, 0) is 22.6 Å². The van der Waals surface area contributed by atoms with Crippen LogP contribution in [0.2, 0.25) is 0 Å². The Balaban J connectivity index is 1.43. The van der Waals surface area contributed by atoms with E-state index < -0.39 is 0 Å². The maximum atomic E-state index is 12.8. The molecule has 0 aliphatic carbocycles. The molecule has 0 atom stereocenters. The molecule has 2 aliphatic rings. The summed E-state index contributed by atoms with van der Waals surface area (Å²) in [6.45, 7) is 5.22. The number of fused-ring (bicyclic) bond motifs is 2. The van der Waals surface area contributed by atoms with Gasteiger partial charge in [0.15, 0.2) is 0 Å². The summed E-state index contributed by atoms with van der Waals surface area (Å²) in [5.74, 6) is 0.238. The lowest BCUT2D eigenvalue weighted by atomic mass is 9.91. The molecule has 2 amide bonds. The summed E-state index contributed by atoms with van der Waals surface area (Å²) in [5.41, 5.74) is 4.12. The van der Waals surface area contributed by atoms with Gasteiger partial charge in [-0.3, -0.25) is 9.59 Å². The second kappa shape index (κ2) is 7.02. The lowest BCUT2D eigenvalue weighted by molar-refractivity contribution is -0.145. The van der Waals surface area contributed by atoms with Crippen LogP contribution in [0.5, 0.6) is 5.75 Å². The first-order valence-electron chi connectivity index (χ1n) is 10.1. The van der Waals surface area contributed by atoms with Gasteiger partial charge in [0.25, 0.3) is 0 Å². The molecular formula is C25H22N2O3. The predicted octanol–water partition coefficient (Wildman–Crippen LogP) is 3.49. The largest absolute Gasteiger partial charge is 0.508 e. The van der Waals surface area contributed by atoms with E-state index in [1.807, 2.05) is 29.2 Å². The number of hydrogen-bond donors (Lipinski definition) is 1. The molecule has 5 rings (SSSR count). The fourth-order valence-corrected chi connectivity index (χ4v) is 4.48. The monoisotopic (exact) mass is 398 g/mol. The van der Waals surface area contributed by atoms with Gasteiger partial charge in [-0.1, -0.05) is 49.0 Å². The molecule has 0 aromatic heterocycles. The third kappa shape index (κ3) is 3.03. The van der Waals surface area contributed by atoms with Gasteiger partial charge in [-0.2, -0.15) is 0 Å². The number of benzene rings is 3. The average Bonchev–Trinajstić information content (AvgIpc) is 2.71. The predicted molar refractivity (Wildman–Crippen MR) is 116 cm³/mol. The van der Waals surface area contributed by atoms with E-state index in [1.165, 1.54) is 6.08 Å². The van der Waals surface area contributed by atoms with E-state index in [0.29, 0.717) is 26.1 Å². The zero-order valence-electron chi connectivity index (χ0n) is 16.5. The molecule has 2 aliphatic heterocycles. The van der Waals surface area contributed by atoms with Gasteiger partial charge in [-0.05, 0) is 51.2 Å². The minimum absolute atomic E-state index is 0.0734. The lowest BCUT2D eigenvalue weighted by Gasteiger charge is -2.46. The van der Waals surface area contributed by atoms with Gasteiger partial charge in [-0.15, -0.1) is 0 Å². The van der Waals surface area contributed by atoms with E-state index in [1.54, 1.807) is 17.0 Å². The summed E-state index contributed by atoms with van der Waals surface area (Å²) in [7, 11) is 0. The van der Waals surface area contributed by atoms with Crippen molar-refractivity contribution in [2.45, 2.75) is 19.0 Å². The van der Waals surface area contributed by atoms with Gasteiger partial charge in [-0.25, -0.2) is 0 Å². The number of likely N-dealkylation sites (tertiary alicyclic amines) is 1. The van der Waals surface area contributed by atoms with Crippen molar-refractivity contribution in [3.8, 4) is 16.9 Å². The van der Waals surface area contributed by atoms with E-state index in [-0.39, 0.29) is 23.6 Å². The van der Waals surface area contributed by atoms with Crippen LogP contribution in [0.1, 0.15) is 11.1 Å². The number of phenolic OH excluding ortho intramolecular Hbond substituents is 1. The Bertz CT molecular complexity index is 1190. The van der Waals surface area contributed by atoms with Crippen molar-refractivity contribution in [3.05, 3.63) is 78.4 Å². The molecule has 5 heteroatoms. The summed E-state index contributed by atoms with van der Waals surface area (Å²) in [5, 5.41) is 12.2. The van der Waals surface area contributed by atoms with Crippen LogP contribution in [0.25, 0.3) is 21.9 Å². The molecule has 1 saturated heterocycles. The van der Waals surface area contributed by atoms with Crippen molar-refractivity contribution < 1.29 is 14.7 Å². The molecule has 2 heterocycles. The zero-order chi connectivity index (χ0) is 20.8. The number of amides is 2. The minimum Gasteiger partial charge on any atom is -0.508 e. The number of hydrogen-bond acceptors (Lipinski definition) is 3. The van der Waals surface area contributed by atoms with E-state index in [9.17, 15) is 14.7 Å². The van der Waals surface area contributed by atoms with Crippen LogP contribution in [0, 0.1) is 0 Å². The molecule has 0 unspecified atom stereocenters. The number of rotatable bonds is 3. The van der Waals surface area contributed by atoms with Crippen LogP contribution in [0.4, 0.5) is 0 Å². The SMILES string of the molecule is C=CC(=O)N1CC(N2Cc3ccc(-c4cc(O)cc5ccccc45)cc3CC2=O)C1. The van der Waals surface area contributed by atoms with Crippen molar-refractivity contribution in [2.24, 2.45) is 0 Å². The van der Waals surface area contributed by atoms with Crippen LogP contribution in [0.15, 0.2) is 67.3 Å². The molecule has 5 nitrogen and oxygen atoms in total. The van der Waals surface area contributed by atoms with Crippen molar-refractivity contribution in [1.29, 1.82) is 0 Å². The average molecular weight is 398 g/mol. The van der Waals surface area contributed by atoms with E-state index in [2.05, 4.69) is 24.8 Å². The van der Waals surface area contributed by atoms with Crippen molar-refractivity contribution in [2.75, 3.05) is 13.1 Å². The highest BCUT2D eigenvalue weighted by Gasteiger charge is 2.38. The molecule has 3 aromatic rings. The van der Waals surface area contributed by atoms with Crippen LogP contribution < -0.4 is 0 Å². The van der Waals surface area contributed by atoms with Gasteiger partial charge in [0, 0.05) is 19.6 Å². The second-order valence-corrected chi connectivity index (χ2v) is 8.00. The summed E-state index contributed by atoms with van der Waals surface area (Å²) in [6, 6.07) is 17.8. The van der Waals surface area contributed by atoms with Crippen molar-refractivity contribution in [1.82, 2.24) is 9.80 Å². The molecule has 0 spiro atoms. The molecule has 0 saturated carbocycles. The Morgan fingerprint density at radius 3 is 2.67 bits per heavy atom. The molecule has 1 fully saturated rings. The quantitative estimate of drug-likeness (QED) is 0.687. The van der Waals surface area contributed by atoms with Crippen LogP contribution >= 0.6 is 0 Å². The number of phenols is 1. The number of carbonyl (C=O) groups excluding carboxylic acids is 2. The first-order valence-corrected chi connectivity index (χ1v) is 10.1. The number of carbonyl (C=O) groups is 2. The summed E-state index contributed by atoms with van der Waals surface area (Å²) < 4.78 is 0. The maximum Gasteiger partial charge on any atom is 0.246 e. The Hall–Kier alpha value is -3.60. The smallest absolute Gasteiger partial charge is 0.246 e. The highest BCUT2D eigenvalue weighted by Crippen LogP contribution is 2.35. The number of aromatic hydroxyl groups is 1. The molecule has 0 radical (unpaired) electrons. The Morgan fingerprint density at radius 2 is 1.87 bits per heavy atom. The Labute approximate surface area is 174 Å². The fraction of sp³-hybridized carbons (Fsp3) is 0.200. The lowest BCUT2D eigenvalue weighted by Crippen LogP contribution is -2.62. The normalized spacial score (nSPS) is 16.3. The van der Waals surface area contributed by atoms with Gasteiger partial charge in [0.05, 0.1) is 12.5 Å². The second-order valence-electron chi connectivity index (χ2n) is 8.00. The topological polar surface area (TPSA) is 60.9 Å². The highest BCUT2D eigenvalue weighted by molar-refractivity contribution is 5.98. The maximum absolute atomic E-state index is 12.8. The summed E-state index contributed by atoms with van der Waals surface area (Å²) in [4.78, 5) is 28.1.